The monoisotopic (exact) mass is 454 g/mol. The van der Waals surface area contributed by atoms with Crippen molar-refractivity contribution in [3.05, 3.63) is 0 Å². The highest BCUT2D eigenvalue weighted by Gasteiger charge is 2.53. The molecule has 0 aromatic rings. The average Bonchev–Trinajstić information content (AvgIpc) is 2.79. The van der Waals surface area contributed by atoms with E-state index in [0.29, 0.717) is 0 Å². The lowest BCUT2D eigenvalue weighted by Crippen LogP contribution is -2.66. The molecule has 0 aromatic carbocycles. The molecule has 184 valence electrons. The van der Waals surface area contributed by atoms with Crippen LogP contribution < -0.4 is 0 Å². The number of hydrogen-bond acceptors (Lipinski definition) is 11. The van der Waals surface area contributed by atoms with Crippen molar-refractivity contribution in [2.75, 3.05) is 70.1 Å². The number of hydrogen-bond donors (Lipinski definition) is 0. The Bertz CT molecular complexity index is 496. The van der Waals surface area contributed by atoms with Gasteiger partial charge in [-0.15, -0.1) is 0 Å². The highest BCUT2D eigenvalue weighted by molar-refractivity contribution is 4.96. The first-order valence-corrected chi connectivity index (χ1v) is 10.2. The summed E-state index contributed by atoms with van der Waals surface area (Å²) >= 11 is 0. The first-order chi connectivity index (χ1) is 15.0. The molecule has 0 N–H and O–H groups in total. The highest BCUT2D eigenvalue weighted by atomic mass is 16.8. The number of rotatable bonds is 12. The molecular formula is C20H38O11. The van der Waals surface area contributed by atoms with Gasteiger partial charge in [-0.3, -0.25) is 0 Å². The Morgan fingerprint density at radius 1 is 0.452 bits per heavy atom. The number of ether oxygens (including phenoxy) is 11. The summed E-state index contributed by atoms with van der Waals surface area (Å²) in [4.78, 5) is 0. The molecule has 2 saturated heterocycles. The zero-order chi connectivity index (χ0) is 23.0. The minimum absolute atomic E-state index is 0.251. The molecule has 0 aliphatic carbocycles. The van der Waals surface area contributed by atoms with Gasteiger partial charge in [-0.1, -0.05) is 0 Å². The zero-order valence-electron chi connectivity index (χ0n) is 19.7. The van der Waals surface area contributed by atoms with Gasteiger partial charge in [0, 0.05) is 56.9 Å². The second-order valence-electron chi connectivity index (χ2n) is 7.33. The van der Waals surface area contributed by atoms with Crippen LogP contribution >= 0.6 is 0 Å². The maximum Gasteiger partial charge on any atom is 0.187 e. The summed E-state index contributed by atoms with van der Waals surface area (Å²) < 4.78 is 63.2. The average molecular weight is 455 g/mol. The fourth-order valence-electron chi connectivity index (χ4n) is 4.29. The van der Waals surface area contributed by atoms with Gasteiger partial charge in [0.25, 0.3) is 0 Å². The van der Waals surface area contributed by atoms with E-state index in [9.17, 15) is 0 Å². The van der Waals surface area contributed by atoms with Gasteiger partial charge in [-0.25, -0.2) is 0 Å². The lowest BCUT2D eigenvalue weighted by atomic mass is 9.96. The molecule has 2 aliphatic heterocycles. The molecule has 0 radical (unpaired) electrons. The third-order valence-corrected chi connectivity index (χ3v) is 5.73. The fourth-order valence-corrected chi connectivity index (χ4v) is 4.29. The largest absolute Gasteiger partial charge is 0.382 e. The quantitative estimate of drug-likeness (QED) is 0.393. The van der Waals surface area contributed by atoms with Gasteiger partial charge in [-0.2, -0.15) is 0 Å². The molecule has 11 nitrogen and oxygen atoms in total. The molecule has 0 saturated carbocycles. The van der Waals surface area contributed by atoms with Gasteiger partial charge in [0.1, 0.15) is 48.8 Å². The third-order valence-electron chi connectivity index (χ3n) is 5.73. The van der Waals surface area contributed by atoms with Crippen molar-refractivity contribution >= 4 is 0 Å². The van der Waals surface area contributed by atoms with Crippen LogP contribution in [0.3, 0.4) is 0 Å². The predicted molar refractivity (Wildman–Crippen MR) is 107 cm³/mol. The van der Waals surface area contributed by atoms with Gasteiger partial charge >= 0.3 is 0 Å². The van der Waals surface area contributed by atoms with Crippen LogP contribution in [0.5, 0.6) is 0 Å². The SMILES string of the molecule is COC[C@@H]1O[C@@H](O[C@H]2[C@@H](OC)[C@@H](OC)[C@@H](OC)O[C@H]2COC)[C@H](OC)[C@H](OC)[C@@H]1OC. The lowest BCUT2D eigenvalue weighted by molar-refractivity contribution is -0.365. The molecule has 2 heterocycles. The molecule has 0 spiro atoms. The zero-order valence-corrected chi connectivity index (χ0v) is 19.7. The van der Waals surface area contributed by atoms with Crippen molar-refractivity contribution < 1.29 is 52.1 Å². The maximum absolute atomic E-state index is 6.43. The van der Waals surface area contributed by atoms with Crippen molar-refractivity contribution in [3.63, 3.8) is 0 Å². The van der Waals surface area contributed by atoms with Gasteiger partial charge in [0.2, 0.25) is 0 Å². The summed E-state index contributed by atoms with van der Waals surface area (Å²) in [6, 6.07) is 0. The second kappa shape index (κ2) is 13.3. The highest BCUT2D eigenvalue weighted by Crippen LogP contribution is 2.33. The van der Waals surface area contributed by atoms with Gasteiger partial charge in [0.05, 0.1) is 13.2 Å². The van der Waals surface area contributed by atoms with Crippen molar-refractivity contribution in [1.82, 2.24) is 0 Å². The Labute approximate surface area is 184 Å². The minimum Gasteiger partial charge on any atom is -0.382 e. The molecule has 31 heavy (non-hydrogen) atoms. The predicted octanol–water partition coefficient (Wildman–Crippen LogP) is -0.164. The Kier molecular flexibility index (Phi) is 11.5. The Hall–Kier alpha value is -0.440. The van der Waals surface area contributed by atoms with E-state index in [1.165, 1.54) is 0 Å². The van der Waals surface area contributed by atoms with E-state index < -0.39 is 61.4 Å². The molecule has 11 heteroatoms. The van der Waals surface area contributed by atoms with Gasteiger partial charge < -0.3 is 52.1 Å². The number of methoxy groups -OCH3 is 8. The normalized spacial score (nSPS) is 41.4. The topological polar surface area (TPSA) is 102 Å². The molecule has 10 atom stereocenters. The van der Waals surface area contributed by atoms with Crippen LogP contribution in [-0.4, -0.2) is 132 Å². The first-order valence-electron chi connectivity index (χ1n) is 10.2. The Morgan fingerprint density at radius 3 is 1.32 bits per heavy atom. The lowest BCUT2D eigenvalue weighted by Gasteiger charge is -2.49. The molecule has 0 bridgehead atoms. The van der Waals surface area contributed by atoms with E-state index in [4.69, 9.17) is 52.1 Å². The third kappa shape index (κ3) is 5.92. The van der Waals surface area contributed by atoms with E-state index in [1.54, 1.807) is 56.9 Å². The van der Waals surface area contributed by atoms with Gasteiger partial charge in [-0.05, 0) is 0 Å². The molecule has 2 fully saturated rings. The molecule has 0 amide bonds. The van der Waals surface area contributed by atoms with Crippen LogP contribution in [0.15, 0.2) is 0 Å². The van der Waals surface area contributed by atoms with Crippen molar-refractivity contribution in [2.45, 2.75) is 61.4 Å². The molecule has 0 aromatic heterocycles. The van der Waals surface area contributed by atoms with Crippen LogP contribution in [0.2, 0.25) is 0 Å². The summed E-state index contributed by atoms with van der Waals surface area (Å²) in [7, 11) is 12.6. The van der Waals surface area contributed by atoms with E-state index in [2.05, 4.69) is 0 Å². The van der Waals surface area contributed by atoms with Crippen LogP contribution in [0.1, 0.15) is 0 Å². The van der Waals surface area contributed by atoms with E-state index in [-0.39, 0.29) is 13.2 Å². The molecular weight excluding hydrogens is 416 g/mol. The van der Waals surface area contributed by atoms with E-state index in [1.807, 2.05) is 0 Å². The maximum atomic E-state index is 6.43. The minimum atomic E-state index is -0.816. The fraction of sp³-hybridized carbons (Fsp3) is 1.00. The first kappa shape index (κ1) is 26.8. The summed E-state index contributed by atoms with van der Waals surface area (Å²) in [6.07, 6.45) is -5.50. The Balaban J connectivity index is 2.32. The van der Waals surface area contributed by atoms with Crippen molar-refractivity contribution in [3.8, 4) is 0 Å². The van der Waals surface area contributed by atoms with Crippen LogP contribution in [0, 0.1) is 0 Å². The molecule has 2 aliphatic rings. The summed E-state index contributed by atoms with van der Waals surface area (Å²) in [5.41, 5.74) is 0. The van der Waals surface area contributed by atoms with E-state index >= 15 is 0 Å². The van der Waals surface area contributed by atoms with Crippen LogP contribution in [0.4, 0.5) is 0 Å². The summed E-state index contributed by atoms with van der Waals surface area (Å²) in [6.45, 7) is 0.540. The smallest absolute Gasteiger partial charge is 0.187 e. The van der Waals surface area contributed by atoms with Crippen molar-refractivity contribution in [1.29, 1.82) is 0 Å². The van der Waals surface area contributed by atoms with Crippen LogP contribution in [0.25, 0.3) is 0 Å². The van der Waals surface area contributed by atoms with Gasteiger partial charge in [0.15, 0.2) is 12.6 Å². The summed E-state index contributed by atoms with van der Waals surface area (Å²) in [5.74, 6) is 0. The molecule has 2 rings (SSSR count). The summed E-state index contributed by atoms with van der Waals surface area (Å²) in [5, 5.41) is 0. The van der Waals surface area contributed by atoms with E-state index in [0.717, 1.165) is 0 Å². The molecule has 0 unspecified atom stereocenters. The Morgan fingerprint density at radius 2 is 0.871 bits per heavy atom. The van der Waals surface area contributed by atoms with Crippen LogP contribution in [-0.2, 0) is 52.1 Å². The standard InChI is InChI=1S/C20H38O11/c1-21-9-11-13(23-3)15(24-4)18(27-7)20(30-11)31-14-12(10-22-2)29-19(28-8)17(26-6)16(14)25-5/h11-20H,9-10H2,1-8H3/t11-,12-,13+,14+,15+,16+,17+,18+,19-,20-/m0/s1. The van der Waals surface area contributed by atoms with Crippen molar-refractivity contribution in [2.24, 2.45) is 0 Å². The second-order valence-corrected chi connectivity index (χ2v) is 7.33.